The zero-order valence-electron chi connectivity index (χ0n) is 27.5. The maximum Gasteiger partial charge on any atom is 0.0165 e. The van der Waals surface area contributed by atoms with Gasteiger partial charge in [0, 0.05) is 5.41 Å². The van der Waals surface area contributed by atoms with Crippen molar-refractivity contribution in [2.24, 2.45) is 0 Å². The Bertz CT molecular complexity index is 2870. The number of hydrogen-bond donors (Lipinski definition) is 0. The Hall–Kier alpha value is -5.98. The van der Waals surface area contributed by atoms with Crippen LogP contribution in [0.3, 0.4) is 0 Å². The van der Waals surface area contributed by atoms with Crippen molar-refractivity contribution in [2.45, 2.75) is 19.3 Å². The molecule has 0 aromatic heterocycles. The third-order valence-corrected chi connectivity index (χ3v) is 11.6. The first-order valence-corrected chi connectivity index (χ1v) is 17.4. The Morgan fingerprint density at radius 1 is 0.347 bits per heavy atom. The molecule has 0 atom stereocenters. The van der Waals surface area contributed by atoms with Crippen molar-refractivity contribution in [1.29, 1.82) is 0 Å². The van der Waals surface area contributed by atoms with Crippen LogP contribution in [0.5, 0.6) is 0 Å². The highest BCUT2D eigenvalue weighted by Crippen LogP contribution is 2.56. The smallest absolute Gasteiger partial charge is 0.0165 e. The maximum absolute atomic E-state index is 2.48. The van der Waals surface area contributed by atoms with Gasteiger partial charge in [-0.1, -0.05) is 153 Å². The molecule has 49 heavy (non-hydrogen) atoms. The van der Waals surface area contributed by atoms with E-state index in [1.807, 2.05) is 0 Å². The van der Waals surface area contributed by atoms with Crippen LogP contribution >= 0.6 is 0 Å². The lowest BCUT2D eigenvalue weighted by Gasteiger charge is -2.24. The molecule has 11 rings (SSSR count). The van der Waals surface area contributed by atoms with Crippen molar-refractivity contribution >= 4 is 43.1 Å². The second-order valence-corrected chi connectivity index (χ2v) is 14.4. The molecule has 9 aromatic carbocycles. The monoisotopic (exact) mass is 620 g/mol. The maximum atomic E-state index is 2.48. The van der Waals surface area contributed by atoms with Gasteiger partial charge in [-0.15, -0.1) is 0 Å². The van der Waals surface area contributed by atoms with E-state index in [4.69, 9.17) is 0 Å². The van der Waals surface area contributed by atoms with Crippen LogP contribution in [-0.4, -0.2) is 0 Å². The Kier molecular flexibility index (Phi) is 5.27. The Labute approximate surface area is 285 Å². The largest absolute Gasteiger partial charge is 0.0616 e. The third-order valence-electron chi connectivity index (χ3n) is 11.6. The summed E-state index contributed by atoms with van der Waals surface area (Å²) in [5.41, 5.74) is 15.9. The average molecular weight is 621 g/mol. The second-order valence-electron chi connectivity index (χ2n) is 14.4. The first-order chi connectivity index (χ1) is 24.1. The van der Waals surface area contributed by atoms with Gasteiger partial charge in [0.1, 0.15) is 0 Å². The molecule has 0 bridgehead atoms. The molecule has 2 aliphatic rings. The van der Waals surface area contributed by atoms with Crippen LogP contribution in [0.1, 0.15) is 25.0 Å². The van der Waals surface area contributed by atoms with Gasteiger partial charge < -0.3 is 0 Å². The minimum atomic E-state index is -0.126. The molecule has 0 saturated heterocycles. The van der Waals surface area contributed by atoms with Crippen LogP contribution in [0.4, 0.5) is 0 Å². The fraction of sp³-hybridized carbons (Fsp3) is 0.0612. The van der Waals surface area contributed by atoms with E-state index in [0.717, 1.165) is 0 Å². The molecule has 0 N–H and O–H groups in total. The topological polar surface area (TPSA) is 0 Å². The van der Waals surface area contributed by atoms with Crippen molar-refractivity contribution < 1.29 is 0 Å². The molecule has 0 nitrogen and oxygen atoms in total. The van der Waals surface area contributed by atoms with Crippen molar-refractivity contribution in [1.82, 2.24) is 0 Å². The van der Waals surface area contributed by atoms with E-state index >= 15 is 0 Å². The fourth-order valence-corrected chi connectivity index (χ4v) is 9.41. The van der Waals surface area contributed by atoms with E-state index in [9.17, 15) is 0 Å². The predicted molar refractivity (Wildman–Crippen MR) is 209 cm³/mol. The number of fused-ring (bicyclic) bond motifs is 12. The molecule has 0 heterocycles. The van der Waals surface area contributed by atoms with Gasteiger partial charge in [0.05, 0.1) is 0 Å². The minimum Gasteiger partial charge on any atom is -0.0616 e. The van der Waals surface area contributed by atoms with Crippen LogP contribution in [0.25, 0.3) is 98.7 Å². The van der Waals surface area contributed by atoms with E-state index < -0.39 is 0 Å². The molecular weight excluding hydrogens is 589 g/mol. The number of hydrogen-bond acceptors (Lipinski definition) is 0. The summed E-state index contributed by atoms with van der Waals surface area (Å²) < 4.78 is 0. The van der Waals surface area contributed by atoms with Crippen LogP contribution in [0.2, 0.25) is 0 Å². The molecule has 0 heteroatoms. The molecule has 0 unspecified atom stereocenters. The Morgan fingerprint density at radius 2 is 0.898 bits per heavy atom. The summed E-state index contributed by atoms with van der Waals surface area (Å²) >= 11 is 0. The molecule has 0 saturated carbocycles. The second kappa shape index (κ2) is 9.56. The zero-order chi connectivity index (χ0) is 32.4. The van der Waals surface area contributed by atoms with Gasteiger partial charge in [-0.2, -0.15) is 0 Å². The molecule has 0 aliphatic heterocycles. The van der Waals surface area contributed by atoms with Crippen molar-refractivity contribution in [3.8, 4) is 55.6 Å². The number of rotatable bonds is 2. The van der Waals surface area contributed by atoms with Crippen molar-refractivity contribution in [3.63, 3.8) is 0 Å². The van der Waals surface area contributed by atoms with Gasteiger partial charge in [-0.25, -0.2) is 0 Å². The molecule has 0 amide bonds. The SMILES string of the molecule is CC1(C)c2cc3cc(-c4ccccc4-c4ccc5c6c(cccc46)-c4ccccc4-5)ccc3cc2-c2c1c1ccccc1c1ccccc21. The van der Waals surface area contributed by atoms with Gasteiger partial charge >= 0.3 is 0 Å². The number of benzene rings is 9. The average Bonchev–Trinajstić information content (AvgIpc) is 3.60. The summed E-state index contributed by atoms with van der Waals surface area (Å²) in [6, 6.07) is 59.2. The van der Waals surface area contributed by atoms with Crippen LogP contribution in [-0.2, 0) is 5.41 Å². The molecule has 228 valence electrons. The Morgan fingerprint density at radius 3 is 1.65 bits per heavy atom. The summed E-state index contributed by atoms with van der Waals surface area (Å²) in [7, 11) is 0. The van der Waals surface area contributed by atoms with Gasteiger partial charge in [-0.05, 0) is 128 Å². The van der Waals surface area contributed by atoms with E-state index in [1.165, 1.54) is 110 Å². The molecule has 2 aliphatic carbocycles. The van der Waals surface area contributed by atoms with Gasteiger partial charge in [0.15, 0.2) is 0 Å². The van der Waals surface area contributed by atoms with Gasteiger partial charge in [0.25, 0.3) is 0 Å². The first-order valence-electron chi connectivity index (χ1n) is 17.4. The van der Waals surface area contributed by atoms with Gasteiger partial charge in [0.2, 0.25) is 0 Å². The van der Waals surface area contributed by atoms with E-state index in [2.05, 4.69) is 172 Å². The van der Waals surface area contributed by atoms with Crippen LogP contribution < -0.4 is 0 Å². The highest BCUT2D eigenvalue weighted by Gasteiger charge is 2.38. The summed E-state index contributed by atoms with van der Waals surface area (Å²) in [6.45, 7) is 4.83. The first kappa shape index (κ1) is 27.0. The third kappa shape index (κ3) is 3.53. The lowest BCUT2D eigenvalue weighted by molar-refractivity contribution is 0.667. The summed E-state index contributed by atoms with van der Waals surface area (Å²) in [5.74, 6) is 0. The fourth-order valence-electron chi connectivity index (χ4n) is 9.41. The molecule has 0 spiro atoms. The summed E-state index contributed by atoms with van der Waals surface area (Å²) in [4.78, 5) is 0. The van der Waals surface area contributed by atoms with Crippen molar-refractivity contribution in [2.75, 3.05) is 0 Å². The molecule has 0 fully saturated rings. The molecular formula is C49H32. The minimum absolute atomic E-state index is 0.126. The quantitative estimate of drug-likeness (QED) is 0.169. The zero-order valence-corrected chi connectivity index (χ0v) is 27.5. The molecule has 9 aromatic rings. The predicted octanol–water partition coefficient (Wildman–Crippen LogP) is 13.6. The lowest BCUT2D eigenvalue weighted by atomic mass is 9.79. The summed E-state index contributed by atoms with van der Waals surface area (Å²) in [5, 5.41) is 10.6. The van der Waals surface area contributed by atoms with E-state index in [0.29, 0.717) is 0 Å². The lowest BCUT2D eigenvalue weighted by Crippen LogP contribution is -2.15. The van der Waals surface area contributed by atoms with Gasteiger partial charge in [-0.3, -0.25) is 0 Å². The standard InChI is InChI=1S/C49H32/c1-49(2)45-28-31-26-30(23-22-29(31)27-44(45)47-41-18-9-7-16-36(41)37-17-8-10-19-43(37)48(47)49)32-12-3-4-13-33(32)38-24-25-42-35-15-6-5-14-34(35)39-20-11-21-40(38)46(39)42/h3-28H,1-2H3. The summed E-state index contributed by atoms with van der Waals surface area (Å²) in [6.07, 6.45) is 0. The van der Waals surface area contributed by atoms with Crippen LogP contribution in [0, 0.1) is 0 Å². The highest BCUT2D eigenvalue weighted by atomic mass is 14.4. The van der Waals surface area contributed by atoms with Crippen molar-refractivity contribution in [3.05, 3.63) is 169 Å². The molecule has 0 radical (unpaired) electrons. The van der Waals surface area contributed by atoms with E-state index in [1.54, 1.807) is 0 Å². The normalized spacial score (nSPS) is 13.7. The Balaban J connectivity index is 1.11. The highest BCUT2D eigenvalue weighted by molar-refractivity contribution is 6.20. The van der Waals surface area contributed by atoms with Crippen LogP contribution in [0.15, 0.2) is 158 Å². The van der Waals surface area contributed by atoms with E-state index in [-0.39, 0.29) is 5.41 Å².